The number of halogens is 1. The van der Waals surface area contributed by atoms with E-state index in [1.807, 2.05) is 0 Å². The van der Waals surface area contributed by atoms with Crippen LogP contribution in [0.3, 0.4) is 0 Å². The van der Waals surface area contributed by atoms with Gasteiger partial charge in [-0.1, -0.05) is 12.1 Å². The number of rotatable bonds is 1. The molecule has 2 aliphatic rings. The van der Waals surface area contributed by atoms with Crippen LogP contribution in [0.1, 0.15) is 29.9 Å². The summed E-state index contributed by atoms with van der Waals surface area (Å²) in [6.45, 7) is 3.58. The van der Waals surface area contributed by atoms with E-state index in [4.69, 9.17) is 0 Å². The van der Waals surface area contributed by atoms with Crippen LogP contribution in [0.4, 0.5) is 5.69 Å². The average molecular weight is 295 g/mol. The Labute approximate surface area is 112 Å². The van der Waals surface area contributed by atoms with Crippen molar-refractivity contribution in [3.63, 3.8) is 0 Å². The first kappa shape index (κ1) is 11.5. The van der Waals surface area contributed by atoms with Gasteiger partial charge in [0.2, 0.25) is 0 Å². The molecule has 2 nitrogen and oxygen atoms in total. The summed E-state index contributed by atoms with van der Waals surface area (Å²) in [6.07, 6.45) is 3.78. The van der Waals surface area contributed by atoms with Crippen molar-refractivity contribution in [1.82, 2.24) is 4.90 Å². The quantitative estimate of drug-likeness (QED) is 0.734. The summed E-state index contributed by atoms with van der Waals surface area (Å²) in [5.41, 5.74) is 4.41. The van der Waals surface area contributed by atoms with E-state index in [2.05, 4.69) is 50.2 Å². The summed E-state index contributed by atoms with van der Waals surface area (Å²) in [7, 11) is 2.22. The number of likely N-dealkylation sites (tertiary alicyclic amines) is 1. The molecule has 1 aromatic rings. The van der Waals surface area contributed by atoms with E-state index in [9.17, 15) is 0 Å². The Balaban J connectivity index is 1.82. The number of anilines is 1. The van der Waals surface area contributed by atoms with Gasteiger partial charge in [-0.25, -0.2) is 0 Å². The predicted molar refractivity (Wildman–Crippen MR) is 75.9 cm³/mol. The minimum atomic E-state index is 0.762. The SMILES string of the molecule is CN1CCC(c2ccc3c(c2)N(Br)CC3)CC1. The second kappa shape index (κ2) is 4.62. The number of hydrogen-bond donors (Lipinski definition) is 0. The Bertz CT molecular complexity index is 411. The fourth-order valence-electron chi connectivity index (χ4n) is 2.95. The Kier molecular flexibility index (Phi) is 3.14. The van der Waals surface area contributed by atoms with E-state index < -0.39 is 0 Å². The molecule has 3 rings (SSSR count). The molecular formula is C14H19BrN2. The van der Waals surface area contributed by atoms with Gasteiger partial charge in [-0.15, -0.1) is 0 Å². The maximum atomic E-state index is 3.63. The number of benzene rings is 1. The maximum absolute atomic E-state index is 3.63. The van der Waals surface area contributed by atoms with Gasteiger partial charge in [0.25, 0.3) is 0 Å². The largest absolute Gasteiger partial charge is 0.308 e. The lowest BCUT2D eigenvalue weighted by Gasteiger charge is -2.29. The molecule has 0 bridgehead atoms. The van der Waals surface area contributed by atoms with Crippen LogP contribution in [-0.2, 0) is 6.42 Å². The molecule has 17 heavy (non-hydrogen) atoms. The van der Waals surface area contributed by atoms with Gasteiger partial charge in [-0.05, 0) is 62.5 Å². The summed E-state index contributed by atoms with van der Waals surface area (Å²) in [5.74, 6) is 0.762. The number of nitrogens with zero attached hydrogens (tertiary/aromatic N) is 2. The van der Waals surface area contributed by atoms with E-state index in [0.717, 1.165) is 12.5 Å². The molecule has 0 aliphatic carbocycles. The Morgan fingerprint density at radius 2 is 1.94 bits per heavy atom. The van der Waals surface area contributed by atoms with E-state index in [1.54, 1.807) is 0 Å². The minimum absolute atomic E-state index is 0.762. The Morgan fingerprint density at radius 1 is 1.18 bits per heavy atom. The Morgan fingerprint density at radius 3 is 2.71 bits per heavy atom. The number of hydrogen-bond acceptors (Lipinski definition) is 2. The molecule has 0 N–H and O–H groups in total. The van der Waals surface area contributed by atoms with Crippen LogP contribution in [0.15, 0.2) is 18.2 Å². The summed E-state index contributed by atoms with van der Waals surface area (Å²) < 4.78 is 2.21. The summed E-state index contributed by atoms with van der Waals surface area (Å²) in [6, 6.07) is 7.07. The summed E-state index contributed by atoms with van der Waals surface area (Å²) in [5, 5.41) is 0. The van der Waals surface area contributed by atoms with Crippen molar-refractivity contribution in [2.24, 2.45) is 0 Å². The molecule has 0 spiro atoms. The Hall–Kier alpha value is -0.540. The normalized spacial score (nSPS) is 21.9. The highest BCUT2D eigenvalue weighted by Crippen LogP contribution is 2.35. The number of fused-ring (bicyclic) bond motifs is 1. The van der Waals surface area contributed by atoms with Gasteiger partial charge >= 0.3 is 0 Å². The molecule has 3 heteroatoms. The second-order valence-electron chi connectivity index (χ2n) is 5.30. The average Bonchev–Trinajstić information content (AvgIpc) is 2.72. The van der Waals surface area contributed by atoms with Crippen molar-refractivity contribution in [2.75, 3.05) is 30.6 Å². The van der Waals surface area contributed by atoms with E-state index in [-0.39, 0.29) is 0 Å². The molecule has 0 atom stereocenters. The van der Waals surface area contributed by atoms with Crippen molar-refractivity contribution in [1.29, 1.82) is 0 Å². The molecule has 2 aliphatic heterocycles. The van der Waals surface area contributed by atoms with Crippen LogP contribution in [0, 0.1) is 0 Å². The first-order valence-electron chi connectivity index (χ1n) is 6.49. The summed E-state index contributed by atoms with van der Waals surface area (Å²) >= 11 is 3.63. The zero-order valence-electron chi connectivity index (χ0n) is 10.3. The lowest BCUT2D eigenvalue weighted by Crippen LogP contribution is -2.29. The molecule has 0 aromatic heterocycles. The van der Waals surface area contributed by atoms with Crippen molar-refractivity contribution < 1.29 is 0 Å². The zero-order chi connectivity index (χ0) is 11.8. The lowest BCUT2D eigenvalue weighted by atomic mass is 9.89. The molecule has 0 amide bonds. The van der Waals surface area contributed by atoms with Crippen LogP contribution in [0.2, 0.25) is 0 Å². The third kappa shape index (κ3) is 2.23. The zero-order valence-corrected chi connectivity index (χ0v) is 11.9. The summed E-state index contributed by atoms with van der Waals surface area (Å²) in [4.78, 5) is 2.43. The van der Waals surface area contributed by atoms with Gasteiger partial charge in [0, 0.05) is 22.7 Å². The lowest BCUT2D eigenvalue weighted by molar-refractivity contribution is 0.255. The molecule has 0 unspecified atom stereocenters. The first-order valence-corrected chi connectivity index (χ1v) is 7.19. The highest BCUT2D eigenvalue weighted by Gasteiger charge is 2.22. The third-order valence-corrected chi connectivity index (χ3v) is 4.87. The molecule has 1 aromatic carbocycles. The van der Waals surface area contributed by atoms with E-state index in [0.29, 0.717) is 0 Å². The fourth-order valence-corrected chi connectivity index (χ4v) is 3.46. The highest BCUT2D eigenvalue weighted by molar-refractivity contribution is 9.10. The standard InChI is InChI=1S/C14H19BrN2/c1-16-7-4-11(5-8-16)13-3-2-12-6-9-17(15)14(12)10-13/h2-3,10-11H,4-9H2,1H3. The van der Waals surface area contributed by atoms with Gasteiger partial charge in [-0.3, -0.25) is 0 Å². The van der Waals surface area contributed by atoms with Crippen molar-refractivity contribution in [3.05, 3.63) is 29.3 Å². The van der Waals surface area contributed by atoms with Crippen molar-refractivity contribution in [3.8, 4) is 0 Å². The first-order chi connectivity index (χ1) is 8.24. The van der Waals surface area contributed by atoms with Crippen LogP contribution >= 0.6 is 16.1 Å². The highest BCUT2D eigenvalue weighted by atomic mass is 79.9. The van der Waals surface area contributed by atoms with Crippen LogP contribution in [0.25, 0.3) is 0 Å². The number of piperidine rings is 1. The fraction of sp³-hybridized carbons (Fsp3) is 0.571. The maximum Gasteiger partial charge on any atom is 0.0506 e. The molecule has 1 fully saturated rings. The smallest absolute Gasteiger partial charge is 0.0506 e. The third-order valence-electron chi connectivity index (χ3n) is 4.14. The van der Waals surface area contributed by atoms with Gasteiger partial charge in [-0.2, -0.15) is 0 Å². The second-order valence-corrected chi connectivity index (χ2v) is 6.16. The van der Waals surface area contributed by atoms with Crippen molar-refractivity contribution in [2.45, 2.75) is 25.2 Å². The van der Waals surface area contributed by atoms with Gasteiger partial charge in [0.15, 0.2) is 0 Å². The molecule has 92 valence electrons. The van der Waals surface area contributed by atoms with E-state index >= 15 is 0 Å². The predicted octanol–water partition coefficient (Wildman–Crippen LogP) is 3.17. The monoisotopic (exact) mass is 294 g/mol. The van der Waals surface area contributed by atoms with Crippen LogP contribution in [0.5, 0.6) is 0 Å². The molecule has 2 heterocycles. The minimum Gasteiger partial charge on any atom is -0.308 e. The van der Waals surface area contributed by atoms with Gasteiger partial charge in [0.05, 0.1) is 5.69 Å². The van der Waals surface area contributed by atoms with Crippen molar-refractivity contribution >= 4 is 21.8 Å². The molecule has 0 saturated carbocycles. The van der Waals surface area contributed by atoms with Gasteiger partial charge < -0.3 is 8.83 Å². The van der Waals surface area contributed by atoms with Gasteiger partial charge in [0.1, 0.15) is 0 Å². The van der Waals surface area contributed by atoms with Crippen LogP contribution < -0.4 is 3.93 Å². The molecule has 1 saturated heterocycles. The van der Waals surface area contributed by atoms with E-state index in [1.165, 1.54) is 49.2 Å². The molecular weight excluding hydrogens is 276 g/mol. The van der Waals surface area contributed by atoms with Crippen LogP contribution in [-0.4, -0.2) is 31.6 Å². The topological polar surface area (TPSA) is 6.48 Å². The molecule has 0 radical (unpaired) electrons.